The third kappa shape index (κ3) is 4.87. The molecule has 0 spiro atoms. The van der Waals surface area contributed by atoms with Crippen LogP contribution in [0, 0.1) is 0 Å². The molecule has 7 heteroatoms. The molecule has 1 aromatic heterocycles. The average molecular weight is 452 g/mol. The number of carbonyl (C=O) groups is 2. The Hall–Kier alpha value is -3.09. The zero-order chi connectivity index (χ0) is 22.5. The SMILES string of the molecule is CN(C(=O)c1ccco1)c1ccccc1C(=O)NCC(c1cccc(Cl)c1)N1CCCC1. The number of nitrogens with one attached hydrogen (secondary N) is 1. The van der Waals surface area contributed by atoms with E-state index in [0.29, 0.717) is 22.8 Å². The van der Waals surface area contributed by atoms with Crippen LogP contribution in [-0.2, 0) is 0 Å². The van der Waals surface area contributed by atoms with Gasteiger partial charge in [-0.25, -0.2) is 0 Å². The van der Waals surface area contributed by atoms with E-state index in [1.54, 1.807) is 43.4 Å². The van der Waals surface area contributed by atoms with Crippen LogP contribution < -0.4 is 10.2 Å². The molecule has 2 amide bonds. The fraction of sp³-hybridized carbons (Fsp3) is 0.280. The second-order valence-corrected chi connectivity index (χ2v) is 8.32. The Bertz CT molecular complexity index is 1080. The number of likely N-dealkylation sites (tertiary alicyclic amines) is 1. The predicted molar refractivity (Wildman–Crippen MR) is 125 cm³/mol. The molecule has 1 atom stereocenters. The lowest BCUT2D eigenvalue weighted by Crippen LogP contribution is -2.37. The largest absolute Gasteiger partial charge is 0.459 e. The second kappa shape index (κ2) is 10.0. The number of furan rings is 1. The van der Waals surface area contributed by atoms with Crippen molar-refractivity contribution in [1.29, 1.82) is 0 Å². The first-order chi connectivity index (χ1) is 15.5. The maximum atomic E-state index is 13.2. The summed E-state index contributed by atoms with van der Waals surface area (Å²) in [6.07, 6.45) is 3.75. The molecule has 3 aromatic rings. The highest BCUT2D eigenvalue weighted by Crippen LogP contribution is 2.27. The minimum absolute atomic E-state index is 0.0368. The number of anilines is 1. The fourth-order valence-electron chi connectivity index (χ4n) is 4.14. The molecule has 2 heterocycles. The highest BCUT2D eigenvalue weighted by atomic mass is 35.5. The van der Waals surface area contributed by atoms with Crippen LogP contribution in [0.2, 0.25) is 5.02 Å². The molecular formula is C25H26ClN3O3. The lowest BCUT2D eigenvalue weighted by molar-refractivity contribution is 0.0938. The highest BCUT2D eigenvalue weighted by Gasteiger charge is 2.26. The summed E-state index contributed by atoms with van der Waals surface area (Å²) in [6.45, 7) is 2.43. The highest BCUT2D eigenvalue weighted by molar-refractivity contribution is 6.30. The van der Waals surface area contributed by atoms with Gasteiger partial charge in [0.25, 0.3) is 11.8 Å². The van der Waals surface area contributed by atoms with Gasteiger partial charge >= 0.3 is 0 Å². The van der Waals surface area contributed by atoms with Gasteiger partial charge in [-0.3, -0.25) is 14.5 Å². The molecule has 1 fully saturated rings. The van der Waals surface area contributed by atoms with Gasteiger partial charge in [-0.1, -0.05) is 35.9 Å². The molecule has 1 aliphatic rings. The predicted octanol–water partition coefficient (Wildman–Crippen LogP) is 4.78. The van der Waals surface area contributed by atoms with Crippen LogP contribution in [0.3, 0.4) is 0 Å². The van der Waals surface area contributed by atoms with Crippen molar-refractivity contribution >= 4 is 29.1 Å². The average Bonchev–Trinajstić information content (AvgIpc) is 3.53. The molecule has 4 rings (SSSR count). The van der Waals surface area contributed by atoms with Gasteiger partial charge in [0, 0.05) is 18.6 Å². The lowest BCUT2D eigenvalue weighted by atomic mass is 10.0. The molecule has 0 bridgehead atoms. The number of amides is 2. The number of hydrogen-bond donors (Lipinski definition) is 1. The topological polar surface area (TPSA) is 65.8 Å². The molecule has 6 nitrogen and oxygen atoms in total. The standard InChI is InChI=1S/C25H26ClN3O3/c1-28(25(31)23-12-7-15-32-23)21-11-3-2-10-20(21)24(30)27-17-22(29-13-4-5-14-29)18-8-6-9-19(26)16-18/h2-3,6-12,15-16,22H,4-5,13-14,17H2,1H3,(H,27,30). The first-order valence-electron chi connectivity index (χ1n) is 10.7. The van der Waals surface area contributed by atoms with Crippen molar-refractivity contribution in [3.8, 4) is 0 Å². The van der Waals surface area contributed by atoms with Crippen molar-refractivity contribution in [3.05, 3.63) is 88.8 Å². The lowest BCUT2D eigenvalue weighted by Gasteiger charge is -2.28. The zero-order valence-corrected chi connectivity index (χ0v) is 18.7. The van der Waals surface area contributed by atoms with E-state index >= 15 is 0 Å². The summed E-state index contributed by atoms with van der Waals surface area (Å²) in [5, 5.41) is 3.76. The first kappa shape index (κ1) is 22.1. The van der Waals surface area contributed by atoms with Gasteiger partial charge in [0.1, 0.15) is 0 Å². The Morgan fingerprint density at radius 3 is 2.59 bits per heavy atom. The Morgan fingerprint density at radius 2 is 1.88 bits per heavy atom. The minimum atomic E-state index is -0.316. The monoisotopic (exact) mass is 451 g/mol. The summed E-state index contributed by atoms with van der Waals surface area (Å²) in [7, 11) is 1.63. The van der Waals surface area contributed by atoms with Gasteiger partial charge in [0.15, 0.2) is 5.76 Å². The third-order valence-electron chi connectivity index (χ3n) is 5.82. The van der Waals surface area contributed by atoms with Gasteiger partial charge in [-0.15, -0.1) is 0 Å². The normalized spacial score (nSPS) is 14.8. The summed E-state index contributed by atoms with van der Waals surface area (Å²) in [6, 6.07) is 18.2. The van der Waals surface area contributed by atoms with Gasteiger partial charge < -0.3 is 14.6 Å². The Kier molecular flexibility index (Phi) is 6.93. The number of rotatable bonds is 7. The van der Waals surface area contributed by atoms with E-state index in [0.717, 1.165) is 31.5 Å². The van der Waals surface area contributed by atoms with Crippen molar-refractivity contribution in [2.75, 3.05) is 31.6 Å². The van der Waals surface area contributed by atoms with Crippen LogP contribution in [-0.4, -0.2) is 43.4 Å². The molecule has 32 heavy (non-hydrogen) atoms. The van der Waals surface area contributed by atoms with E-state index in [9.17, 15) is 9.59 Å². The maximum absolute atomic E-state index is 13.2. The van der Waals surface area contributed by atoms with Crippen LogP contribution in [0.25, 0.3) is 0 Å². The molecule has 1 N–H and O–H groups in total. The van der Waals surface area contributed by atoms with E-state index < -0.39 is 0 Å². The molecule has 0 aliphatic carbocycles. The smallest absolute Gasteiger partial charge is 0.293 e. The van der Waals surface area contributed by atoms with Crippen LogP contribution in [0.5, 0.6) is 0 Å². The van der Waals surface area contributed by atoms with Crippen molar-refractivity contribution in [2.24, 2.45) is 0 Å². The van der Waals surface area contributed by atoms with Crippen molar-refractivity contribution in [3.63, 3.8) is 0 Å². The Labute approximate surface area is 192 Å². The van der Waals surface area contributed by atoms with Crippen LogP contribution in [0.15, 0.2) is 71.3 Å². The van der Waals surface area contributed by atoms with Gasteiger partial charge in [0.2, 0.25) is 0 Å². The Morgan fingerprint density at radius 1 is 1.09 bits per heavy atom. The maximum Gasteiger partial charge on any atom is 0.293 e. The van der Waals surface area contributed by atoms with E-state index in [-0.39, 0.29) is 23.6 Å². The molecule has 1 unspecified atom stereocenters. The molecule has 1 saturated heterocycles. The number of hydrogen-bond acceptors (Lipinski definition) is 4. The first-order valence-corrected chi connectivity index (χ1v) is 11.1. The van der Waals surface area contributed by atoms with Crippen molar-refractivity contribution < 1.29 is 14.0 Å². The third-order valence-corrected chi connectivity index (χ3v) is 6.05. The second-order valence-electron chi connectivity index (χ2n) is 7.88. The Balaban J connectivity index is 1.52. The summed E-state index contributed by atoms with van der Waals surface area (Å²) in [4.78, 5) is 29.7. The number of halogens is 1. The zero-order valence-electron chi connectivity index (χ0n) is 18.0. The van der Waals surface area contributed by atoms with Gasteiger partial charge in [-0.2, -0.15) is 0 Å². The molecule has 1 aliphatic heterocycles. The summed E-state index contributed by atoms with van der Waals surface area (Å²) < 4.78 is 5.22. The number of carbonyl (C=O) groups excluding carboxylic acids is 2. The van der Waals surface area contributed by atoms with E-state index in [2.05, 4.69) is 10.2 Å². The molecule has 0 radical (unpaired) electrons. The van der Waals surface area contributed by atoms with Crippen LogP contribution >= 0.6 is 11.6 Å². The van der Waals surface area contributed by atoms with Crippen LogP contribution in [0.4, 0.5) is 5.69 Å². The fourth-order valence-corrected chi connectivity index (χ4v) is 4.34. The molecule has 166 valence electrons. The molecule has 2 aromatic carbocycles. The summed E-state index contributed by atoms with van der Waals surface area (Å²) in [5.74, 6) is -0.326. The van der Waals surface area contributed by atoms with Crippen molar-refractivity contribution in [2.45, 2.75) is 18.9 Å². The van der Waals surface area contributed by atoms with E-state index in [1.165, 1.54) is 11.2 Å². The summed E-state index contributed by atoms with van der Waals surface area (Å²) >= 11 is 6.23. The quantitative estimate of drug-likeness (QED) is 0.561. The minimum Gasteiger partial charge on any atom is -0.459 e. The summed E-state index contributed by atoms with van der Waals surface area (Å²) in [5.41, 5.74) is 2.03. The van der Waals surface area contributed by atoms with Crippen LogP contribution in [0.1, 0.15) is 45.4 Å². The van der Waals surface area contributed by atoms with Gasteiger partial charge in [-0.05, 0) is 67.9 Å². The number of benzene rings is 2. The molecule has 0 saturated carbocycles. The van der Waals surface area contributed by atoms with E-state index in [4.69, 9.17) is 16.0 Å². The number of nitrogens with zero attached hydrogens (tertiary/aromatic N) is 2. The van der Waals surface area contributed by atoms with Crippen molar-refractivity contribution in [1.82, 2.24) is 10.2 Å². The van der Waals surface area contributed by atoms with Gasteiger partial charge in [0.05, 0.1) is 23.6 Å². The number of para-hydroxylation sites is 1. The van der Waals surface area contributed by atoms with E-state index in [1.807, 2.05) is 24.3 Å². The molecular weight excluding hydrogens is 426 g/mol.